The van der Waals surface area contributed by atoms with E-state index in [1.54, 1.807) is 0 Å². The molecule has 0 atom stereocenters. The minimum absolute atomic E-state index is 0.0538. The molecule has 0 heterocycles. The lowest BCUT2D eigenvalue weighted by Crippen LogP contribution is -2.19. The summed E-state index contributed by atoms with van der Waals surface area (Å²) in [6.45, 7) is 28.4. The molecule has 0 aliphatic heterocycles. The van der Waals surface area contributed by atoms with E-state index < -0.39 is 0 Å². The predicted molar refractivity (Wildman–Crippen MR) is 198 cm³/mol. The summed E-state index contributed by atoms with van der Waals surface area (Å²) < 4.78 is 0. The first-order valence-electron chi connectivity index (χ1n) is 16.9. The largest absolute Gasteiger partial charge is 0.289 e. The van der Waals surface area contributed by atoms with Crippen LogP contribution in [0.4, 0.5) is 0 Å². The van der Waals surface area contributed by atoms with Crippen molar-refractivity contribution in [3.8, 4) is 0 Å². The quantitative estimate of drug-likeness (QED) is 0.183. The van der Waals surface area contributed by atoms with Crippen LogP contribution in [0.2, 0.25) is 0 Å². The topological polar surface area (TPSA) is 17.1 Å². The first kappa shape index (κ1) is 37.7. The fourth-order valence-corrected chi connectivity index (χ4v) is 5.10. The fraction of sp³-hybridized carbons (Fsp3) is 0.432. The van der Waals surface area contributed by atoms with Gasteiger partial charge in [-0.2, -0.15) is 0 Å². The molecule has 242 valence electrons. The number of carbonyl (C=O) groups excluding carboxylic acids is 1. The molecule has 0 amide bonds. The maximum absolute atomic E-state index is 13.0. The molecule has 45 heavy (non-hydrogen) atoms. The molecular formula is C44H60O. The van der Waals surface area contributed by atoms with Crippen LogP contribution in [-0.2, 0) is 23.7 Å². The molecule has 0 spiro atoms. The summed E-state index contributed by atoms with van der Waals surface area (Å²) in [6.07, 6.45) is 3.14. The zero-order valence-electron chi connectivity index (χ0n) is 30.7. The monoisotopic (exact) mass is 604 g/mol. The average Bonchev–Trinajstić information content (AvgIpc) is 2.98. The molecule has 4 rings (SSSR count). The highest BCUT2D eigenvalue weighted by atomic mass is 16.1. The Labute approximate surface area is 276 Å². The third-order valence-electron chi connectivity index (χ3n) is 7.90. The summed E-state index contributed by atoms with van der Waals surface area (Å²) in [5, 5.41) is 0. The molecule has 0 saturated heterocycles. The van der Waals surface area contributed by atoms with Crippen molar-refractivity contribution in [3.05, 3.63) is 141 Å². The number of carbonyl (C=O) groups is 1. The molecule has 0 unspecified atom stereocenters. The van der Waals surface area contributed by atoms with Gasteiger partial charge in [-0.1, -0.05) is 181 Å². The minimum Gasteiger partial charge on any atom is -0.289 e. The lowest BCUT2D eigenvalue weighted by molar-refractivity contribution is 0.103. The van der Waals surface area contributed by atoms with Crippen molar-refractivity contribution in [2.45, 2.75) is 120 Å². The molecule has 4 aromatic rings. The zero-order valence-corrected chi connectivity index (χ0v) is 30.7. The predicted octanol–water partition coefficient (Wildman–Crippen LogP) is 12.5. The van der Waals surface area contributed by atoms with Gasteiger partial charge in [-0.05, 0) is 69.5 Å². The Hall–Kier alpha value is -3.45. The van der Waals surface area contributed by atoms with Gasteiger partial charge in [0.05, 0.1) is 0 Å². The van der Waals surface area contributed by atoms with E-state index in [1.165, 1.54) is 45.4 Å². The van der Waals surface area contributed by atoms with E-state index in [0.717, 1.165) is 24.0 Å². The van der Waals surface area contributed by atoms with Crippen molar-refractivity contribution in [1.29, 1.82) is 0 Å². The molecule has 0 aliphatic rings. The Bertz CT molecular complexity index is 1460. The van der Waals surface area contributed by atoms with E-state index in [2.05, 4.69) is 143 Å². The highest BCUT2D eigenvalue weighted by Gasteiger charge is 2.24. The van der Waals surface area contributed by atoms with Crippen molar-refractivity contribution in [2.75, 3.05) is 0 Å². The second kappa shape index (κ2) is 16.2. The molecule has 1 nitrogen and oxygen atoms in total. The van der Waals surface area contributed by atoms with Crippen molar-refractivity contribution in [3.63, 3.8) is 0 Å². The molecule has 0 radical (unpaired) electrons. The van der Waals surface area contributed by atoms with E-state index in [-0.39, 0.29) is 16.6 Å². The smallest absolute Gasteiger partial charge is 0.193 e. The first-order chi connectivity index (χ1) is 21.0. The van der Waals surface area contributed by atoms with Gasteiger partial charge < -0.3 is 0 Å². The minimum atomic E-state index is -0.0538. The third-order valence-corrected chi connectivity index (χ3v) is 7.90. The van der Waals surface area contributed by atoms with Crippen LogP contribution in [0.15, 0.2) is 91.0 Å². The van der Waals surface area contributed by atoms with Gasteiger partial charge in [0.15, 0.2) is 5.78 Å². The molecule has 1 heteroatoms. The van der Waals surface area contributed by atoms with Gasteiger partial charge >= 0.3 is 0 Å². The van der Waals surface area contributed by atoms with Crippen LogP contribution in [0.1, 0.15) is 144 Å². The standard InChI is InChI=1S/C37H42O.C5H12.C2H6/c1-8-9-31-25-34(19-10-26(31)2)37(6,7)33-20-13-28(14-21-33)24-27-11-15-29(16-12-27)35(38)30-17-22-32(23-18-30)36(3,4)5;1-5(2,3)4;1-2/h10-23,25H,8-9,24H2,1-7H3;1-4H3;1-2H3. The Kier molecular flexibility index (Phi) is 13.6. The summed E-state index contributed by atoms with van der Waals surface area (Å²) in [5.41, 5.74) is 11.2. The second-order valence-corrected chi connectivity index (χ2v) is 15.2. The van der Waals surface area contributed by atoms with Gasteiger partial charge in [-0.25, -0.2) is 0 Å². The van der Waals surface area contributed by atoms with Crippen LogP contribution in [0.5, 0.6) is 0 Å². The van der Waals surface area contributed by atoms with Crippen LogP contribution in [0, 0.1) is 12.3 Å². The van der Waals surface area contributed by atoms with Crippen LogP contribution in [0.3, 0.4) is 0 Å². The molecule has 0 bridgehead atoms. The van der Waals surface area contributed by atoms with Crippen LogP contribution in [0.25, 0.3) is 0 Å². The molecule has 0 aromatic heterocycles. The molecule has 0 aliphatic carbocycles. The van der Waals surface area contributed by atoms with E-state index >= 15 is 0 Å². The van der Waals surface area contributed by atoms with Crippen molar-refractivity contribution in [1.82, 2.24) is 0 Å². The summed E-state index contributed by atoms with van der Waals surface area (Å²) in [6, 6.07) is 32.1. The van der Waals surface area contributed by atoms with Gasteiger partial charge in [0.2, 0.25) is 0 Å². The maximum atomic E-state index is 13.0. The normalized spacial score (nSPS) is 11.6. The highest BCUT2D eigenvalue weighted by Crippen LogP contribution is 2.33. The fourth-order valence-electron chi connectivity index (χ4n) is 5.10. The number of hydrogen-bond donors (Lipinski definition) is 0. The van der Waals surface area contributed by atoms with Gasteiger partial charge in [-0.15, -0.1) is 0 Å². The van der Waals surface area contributed by atoms with Gasteiger partial charge in [0, 0.05) is 16.5 Å². The maximum Gasteiger partial charge on any atom is 0.193 e. The molecule has 0 saturated carbocycles. The third kappa shape index (κ3) is 11.4. The number of rotatable bonds is 8. The second-order valence-electron chi connectivity index (χ2n) is 15.2. The van der Waals surface area contributed by atoms with E-state index in [0.29, 0.717) is 5.41 Å². The van der Waals surface area contributed by atoms with Crippen LogP contribution < -0.4 is 0 Å². The van der Waals surface area contributed by atoms with E-state index in [4.69, 9.17) is 0 Å². The first-order valence-corrected chi connectivity index (χ1v) is 16.9. The summed E-state index contributed by atoms with van der Waals surface area (Å²) in [7, 11) is 0. The SMILES string of the molecule is CC.CC(C)(C)C.CCCc1cc(C(C)(C)c2ccc(Cc3ccc(C(=O)c4ccc(C(C)(C)C)cc4)cc3)cc2)ccc1C. The van der Waals surface area contributed by atoms with Crippen molar-refractivity contribution < 1.29 is 4.79 Å². The Morgan fingerprint density at radius 2 is 0.978 bits per heavy atom. The molecule has 4 aromatic carbocycles. The number of benzene rings is 4. The summed E-state index contributed by atoms with van der Waals surface area (Å²) in [5.74, 6) is 0.0711. The van der Waals surface area contributed by atoms with Gasteiger partial charge in [-0.3, -0.25) is 4.79 Å². The summed E-state index contributed by atoms with van der Waals surface area (Å²) >= 11 is 0. The Morgan fingerprint density at radius 1 is 0.578 bits per heavy atom. The summed E-state index contributed by atoms with van der Waals surface area (Å²) in [4.78, 5) is 13.0. The van der Waals surface area contributed by atoms with Gasteiger partial charge in [0.25, 0.3) is 0 Å². The zero-order chi connectivity index (χ0) is 34.0. The van der Waals surface area contributed by atoms with Crippen molar-refractivity contribution in [2.24, 2.45) is 5.41 Å². The number of aryl methyl sites for hydroxylation is 2. The van der Waals surface area contributed by atoms with Crippen LogP contribution >= 0.6 is 0 Å². The van der Waals surface area contributed by atoms with Gasteiger partial charge in [0.1, 0.15) is 0 Å². The molecule has 0 fully saturated rings. The Balaban J connectivity index is 0.000000917. The average molecular weight is 605 g/mol. The van der Waals surface area contributed by atoms with Crippen molar-refractivity contribution >= 4 is 5.78 Å². The lowest BCUT2D eigenvalue weighted by Gasteiger charge is -2.27. The highest BCUT2D eigenvalue weighted by molar-refractivity contribution is 6.09. The number of ketones is 1. The van der Waals surface area contributed by atoms with Crippen LogP contribution in [-0.4, -0.2) is 5.78 Å². The Morgan fingerprint density at radius 3 is 1.42 bits per heavy atom. The van der Waals surface area contributed by atoms with E-state index in [1.807, 2.05) is 38.1 Å². The number of hydrogen-bond acceptors (Lipinski definition) is 1. The lowest BCUT2D eigenvalue weighted by atomic mass is 9.77. The van der Waals surface area contributed by atoms with E-state index in [9.17, 15) is 4.79 Å². The molecule has 0 N–H and O–H groups in total. The molecular weight excluding hydrogens is 544 g/mol.